The van der Waals surface area contributed by atoms with Gasteiger partial charge in [0.2, 0.25) is 5.91 Å². The minimum atomic E-state index is -0.0864. The van der Waals surface area contributed by atoms with Crippen molar-refractivity contribution in [1.29, 1.82) is 0 Å². The third-order valence-electron chi connectivity index (χ3n) is 4.24. The molecule has 1 heterocycles. The molecule has 0 aromatic heterocycles. The van der Waals surface area contributed by atoms with E-state index in [0.717, 1.165) is 13.1 Å². The summed E-state index contributed by atoms with van der Waals surface area (Å²) < 4.78 is 0. The summed E-state index contributed by atoms with van der Waals surface area (Å²) in [6.07, 6.45) is 0. The van der Waals surface area contributed by atoms with E-state index in [0.29, 0.717) is 12.1 Å². The molecule has 0 aromatic rings. The van der Waals surface area contributed by atoms with E-state index in [1.54, 1.807) is 0 Å². The number of nitrogens with two attached hydrogens (primary N) is 1. The van der Waals surface area contributed by atoms with E-state index in [9.17, 15) is 4.79 Å². The molecule has 0 saturated carbocycles. The molecule has 4 unspecified atom stereocenters. The summed E-state index contributed by atoms with van der Waals surface area (Å²) in [4.78, 5) is 16.3. The average Bonchev–Trinajstić information content (AvgIpc) is 2.32. The normalized spacial score (nSPS) is 30.9. The zero-order chi connectivity index (χ0) is 13.2. The Labute approximate surface area is 104 Å². The van der Waals surface area contributed by atoms with E-state index in [1.165, 1.54) is 0 Å². The minimum absolute atomic E-state index is 0.0807. The van der Waals surface area contributed by atoms with Crippen LogP contribution in [-0.4, -0.2) is 54.0 Å². The molecule has 100 valence electrons. The van der Waals surface area contributed by atoms with Crippen LogP contribution in [0.1, 0.15) is 27.7 Å². The topological polar surface area (TPSA) is 61.6 Å². The quantitative estimate of drug-likeness (QED) is 0.416. The van der Waals surface area contributed by atoms with Gasteiger partial charge in [-0.3, -0.25) is 20.0 Å². The Balaban J connectivity index is 2.64. The second-order valence-electron chi connectivity index (χ2n) is 5.36. The molecule has 0 bridgehead atoms. The first-order valence-corrected chi connectivity index (χ1v) is 6.34. The number of hydrogen-bond donors (Lipinski definition) is 2. The summed E-state index contributed by atoms with van der Waals surface area (Å²) in [5.74, 6) is 5.02. The van der Waals surface area contributed by atoms with Crippen LogP contribution in [-0.2, 0) is 4.79 Å². The van der Waals surface area contributed by atoms with Crippen LogP contribution in [0.4, 0.5) is 0 Å². The smallest absolute Gasteiger partial charge is 0.238 e. The van der Waals surface area contributed by atoms with E-state index in [4.69, 9.17) is 5.84 Å². The molecule has 5 nitrogen and oxygen atoms in total. The molecule has 0 radical (unpaired) electrons. The largest absolute Gasteiger partial charge is 0.298 e. The highest BCUT2D eigenvalue weighted by Gasteiger charge is 2.32. The van der Waals surface area contributed by atoms with E-state index in [-0.39, 0.29) is 17.9 Å². The highest BCUT2D eigenvalue weighted by Crippen LogP contribution is 2.19. The molecular weight excluding hydrogens is 216 g/mol. The molecule has 0 aromatic carbocycles. The third-order valence-corrected chi connectivity index (χ3v) is 4.24. The van der Waals surface area contributed by atoms with Crippen molar-refractivity contribution in [2.45, 2.75) is 45.8 Å². The molecule has 1 aliphatic rings. The summed E-state index contributed by atoms with van der Waals surface area (Å²) in [6, 6.07) is 1.26. The van der Waals surface area contributed by atoms with Gasteiger partial charge in [-0.15, -0.1) is 0 Å². The first-order valence-electron chi connectivity index (χ1n) is 6.34. The number of piperazine rings is 1. The van der Waals surface area contributed by atoms with Crippen molar-refractivity contribution in [3.63, 3.8) is 0 Å². The molecule has 5 heteroatoms. The van der Waals surface area contributed by atoms with E-state index < -0.39 is 0 Å². The monoisotopic (exact) mass is 242 g/mol. The fourth-order valence-electron chi connectivity index (χ4n) is 2.44. The lowest BCUT2D eigenvalue weighted by atomic mass is 9.98. The summed E-state index contributed by atoms with van der Waals surface area (Å²) >= 11 is 0. The van der Waals surface area contributed by atoms with Gasteiger partial charge in [0.15, 0.2) is 0 Å². The lowest BCUT2D eigenvalue weighted by molar-refractivity contribution is -0.127. The molecule has 4 atom stereocenters. The Hall–Kier alpha value is -0.650. The minimum Gasteiger partial charge on any atom is -0.298 e. The maximum atomic E-state index is 11.6. The molecule has 1 aliphatic heterocycles. The van der Waals surface area contributed by atoms with Crippen LogP contribution in [0.25, 0.3) is 0 Å². The predicted octanol–water partition coefficient (Wildman–Crippen LogP) is 0.0253. The Bertz CT molecular complexity index is 259. The van der Waals surface area contributed by atoms with Crippen molar-refractivity contribution in [2.75, 3.05) is 20.1 Å². The summed E-state index contributed by atoms with van der Waals surface area (Å²) in [5, 5.41) is 0. The molecule has 0 spiro atoms. The molecule has 1 rings (SSSR count). The van der Waals surface area contributed by atoms with Gasteiger partial charge in [-0.1, -0.05) is 6.92 Å². The van der Waals surface area contributed by atoms with Crippen LogP contribution in [0.3, 0.4) is 0 Å². The molecular formula is C12H26N4O. The van der Waals surface area contributed by atoms with Crippen LogP contribution in [0.15, 0.2) is 0 Å². The highest BCUT2D eigenvalue weighted by molar-refractivity contribution is 5.78. The molecule has 17 heavy (non-hydrogen) atoms. The second kappa shape index (κ2) is 5.80. The van der Waals surface area contributed by atoms with Crippen LogP contribution in [0.5, 0.6) is 0 Å². The van der Waals surface area contributed by atoms with E-state index in [1.807, 2.05) is 6.92 Å². The molecule has 1 fully saturated rings. The Morgan fingerprint density at radius 1 is 1.29 bits per heavy atom. The van der Waals surface area contributed by atoms with Crippen molar-refractivity contribution < 1.29 is 4.79 Å². The number of rotatable bonds is 3. The van der Waals surface area contributed by atoms with Gasteiger partial charge < -0.3 is 0 Å². The van der Waals surface area contributed by atoms with Crippen molar-refractivity contribution in [3.8, 4) is 0 Å². The number of amides is 1. The van der Waals surface area contributed by atoms with Gasteiger partial charge in [-0.2, -0.15) is 0 Å². The van der Waals surface area contributed by atoms with Gasteiger partial charge in [-0.05, 0) is 27.8 Å². The number of carbonyl (C=O) groups is 1. The number of likely N-dealkylation sites (N-methyl/N-ethyl adjacent to an activating group) is 1. The van der Waals surface area contributed by atoms with Gasteiger partial charge in [-0.25, -0.2) is 5.84 Å². The maximum Gasteiger partial charge on any atom is 0.238 e. The highest BCUT2D eigenvalue weighted by atomic mass is 16.2. The van der Waals surface area contributed by atoms with E-state index in [2.05, 4.69) is 43.0 Å². The number of hydrazine groups is 1. The number of nitrogens with one attached hydrogen (secondary N) is 1. The van der Waals surface area contributed by atoms with Crippen LogP contribution >= 0.6 is 0 Å². The average molecular weight is 242 g/mol. The van der Waals surface area contributed by atoms with Crippen LogP contribution in [0.2, 0.25) is 0 Å². The van der Waals surface area contributed by atoms with Crippen molar-refractivity contribution in [2.24, 2.45) is 11.8 Å². The standard InChI is InChI=1S/C12H26N4O/c1-8-6-16(7-9(2)15(8)5)11(4)10(3)12(17)14-13/h8-11H,6-7,13H2,1-5H3,(H,14,17). The fraction of sp³-hybridized carbons (Fsp3) is 0.917. The van der Waals surface area contributed by atoms with Crippen molar-refractivity contribution >= 4 is 5.91 Å². The van der Waals surface area contributed by atoms with Gasteiger partial charge in [0.1, 0.15) is 0 Å². The van der Waals surface area contributed by atoms with E-state index >= 15 is 0 Å². The van der Waals surface area contributed by atoms with Gasteiger partial charge in [0, 0.05) is 31.2 Å². The second-order valence-corrected chi connectivity index (χ2v) is 5.36. The fourth-order valence-corrected chi connectivity index (χ4v) is 2.44. The molecule has 0 aliphatic carbocycles. The van der Waals surface area contributed by atoms with Crippen molar-refractivity contribution in [1.82, 2.24) is 15.2 Å². The Morgan fingerprint density at radius 3 is 2.18 bits per heavy atom. The molecule has 3 N–H and O–H groups in total. The SMILES string of the molecule is CC(C(=O)NN)C(C)N1CC(C)N(C)C(C)C1. The zero-order valence-corrected chi connectivity index (χ0v) is 11.6. The Morgan fingerprint density at radius 2 is 1.76 bits per heavy atom. The van der Waals surface area contributed by atoms with Gasteiger partial charge >= 0.3 is 0 Å². The van der Waals surface area contributed by atoms with Crippen LogP contribution < -0.4 is 11.3 Å². The lowest BCUT2D eigenvalue weighted by Gasteiger charge is -2.45. The summed E-state index contributed by atoms with van der Waals surface area (Å²) in [5.41, 5.74) is 2.24. The third kappa shape index (κ3) is 3.18. The first kappa shape index (κ1) is 14.4. The first-order chi connectivity index (χ1) is 7.88. The van der Waals surface area contributed by atoms with Crippen LogP contribution in [0, 0.1) is 5.92 Å². The molecule has 1 amide bonds. The summed E-state index contributed by atoms with van der Waals surface area (Å²) in [6.45, 7) is 10.5. The van der Waals surface area contributed by atoms with Gasteiger partial charge in [0.25, 0.3) is 0 Å². The lowest BCUT2D eigenvalue weighted by Crippen LogP contribution is -2.59. The summed E-state index contributed by atoms with van der Waals surface area (Å²) in [7, 11) is 2.16. The Kier molecular flexibility index (Phi) is 4.91. The molecule has 1 saturated heterocycles. The maximum absolute atomic E-state index is 11.6. The van der Waals surface area contributed by atoms with Gasteiger partial charge in [0.05, 0.1) is 5.92 Å². The number of nitrogens with zero attached hydrogens (tertiary/aromatic N) is 2. The number of hydrogen-bond acceptors (Lipinski definition) is 4. The predicted molar refractivity (Wildman–Crippen MR) is 69.2 cm³/mol. The van der Waals surface area contributed by atoms with Crippen molar-refractivity contribution in [3.05, 3.63) is 0 Å². The number of carbonyl (C=O) groups excluding carboxylic acids is 1. The zero-order valence-electron chi connectivity index (χ0n) is 11.6.